The highest BCUT2D eigenvalue weighted by atomic mass is 32.1. The molecular weight excluding hydrogens is 363 g/mol. The minimum Gasteiger partial charge on any atom is -0.339 e. The lowest BCUT2D eigenvalue weighted by Gasteiger charge is -2.22. The van der Waals surface area contributed by atoms with Crippen molar-refractivity contribution in [3.8, 4) is 0 Å². The standard InChI is InChI=1S/C21H25FN2O2S/c1-4-24(5-2)21(26)18-15-11-10-13(3)12-17(15)27-20(18)23-19(25)14-8-6-7-9-16(14)22/h6-9,13H,4-5,10-12H2,1-3H3,(H,23,25)/t13-/m1/s1. The van der Waals surface area contributed by atoms with E-state index in [1.165, 1.54) is 23.5 Å². The van der Waals surface area contributed by atoms with E-state index < -0.39 is 11.7 Å². The van der Waals surface area contributed by atoms with Crippen LogP contribution in [0.15, 0.2) is 24.3 Å². The minimum absolute atomic E-state index is 0.0153. The Bertz CT molecular complexity index is 858. The highest BCUT2D eigenvalue weighted by Gasteiger charge is 2.30. The highest BCUT2D eigenvalue weighted by Crippen LogP contribution is 2.40. The molecule has 27 heavy (non-hydrogen) atoms. The molecule has 2 aromatic rings. The molecule has 0 saturated carbocycles. The molecule has 0 fully saturated rings. The Hall–Kier alpha value is -2.21. The maximum absolute atomic E-state index is 14.0. The van der Waals surface area contributed by atoms with Crippen LogP contribution in [0.2, 0.25) is 0 Å². The smallest absolute Gasteiger partial charge is 0.259 e. The van der Waals surface area contributed by atoms with Crippen molar-refractivity contribution in [3.05, 3.63) is 51.7 Å². The third-order valence-electron chi connectivity index (χ3n) is 5.12. The first-order chi connectivity index (χ1) is 13.0. The summed E-state index contributed by atoms with van der Waals surface area (Å²) in [5.41, 5.74) is 1.63. The molecule has 0 radical (unpaired) electrons. The number of hydrogen-bond acceptors (Lipinski definition) is 3. The van der Waals surface area contributed by atoms with E-state index >= 15 is 0 Å². The Morgan fingerprint density at radius 2 is 1.96 bits per heavy atom. The number of rotatable bonds is 5. The van der Waals surface area contributed by atoms with Crippen molar-refractivity contribution in [2.75, 3.05) is 18.4 Å². The molecule has 1 aromatic heterocycles. The Morgan fingerprint density at radius 1 is 1.26 bits per heavy atom. The average Bonchev–Trinajstić information content (AvgIpc) is 2.99. The number of halogens is 1. The van der Waals surface area contributed by atoms with Crippen molar-refractivity contribution >= 4 is 28.2 Å². The molecule has 6 heteroatoms. The van der Waals surface area contributed by atoms with Gasteiger partial charge in [-0.1, -0.05) is 19.1 Å². The van der Waals surface area contributed by atoms with E-state index in [-0.39, 0.29) is 11.5 Å². The number of carbonyl (C=O) groups is 2. The maximum Gasteiger partial charge on any atom is 0.259 e. The molecule has 1 aliphatic rings. The second-order valence-electron chi connectivity index (χ2n) is 6.97. The molecule has 0 spiro atoms. The summed E-state index contributed by atoms with van der Waals surface area (Å²) in [6.07, 6.45) is 2.78. The topological polar surface area (TPSA) is 49.4 Å². The third kappa shape index (κ3) is 3.90. The number of nitrogens with one attached hydrogen (secondary N) is 1. The first kappa shape index (κ1) is 19.5. The molecule has 1 N–H and O–H groups in total. The number of benzene rings is 1. The Balaban J connectivity index is 2.00. The van der Waals surface area contributed by atoms with Gasteiger partial charge in [-0.3, -0.25) is 9.59 Å². The number of anilines is 1. The molecule has 2 amide bonds. The summed E-state index contributed by atoms with van der Waals surface area (Å²) in [7, 11) is 0. The molecule has 144 valence electrons. The van der Waals surface area contributed by atoms with Gasteiger partial charge in [0.2, 0.25) is 0 Å². The van der Waals surface area contributed by atoms with Gasteiger partial charge >= 0.3 is 0 Å². The van der Waals surface area contributed by atoms with Gasteiger partial charge in [-0.05, 0) is 56.7 Å². The summed E-state index contributed by atoms with van der Waals surface area (Å²) < 4.78 is 14.0. The second kappa shape index (κ2) is 8.21. The quantitative estimate of drug-likeness (QED) is 0.804. The number of thiophene rings is 1. The van der Waals surface area contributed by atoms with Gasteiger partial charge in [-0.25, -0.2) is 4.39 Å². The molecule has 1 atom stereocenters. The third-order valence-corrected chi connectivity index (χ3v) is 6.29. The van der Waals surface area contributed by atoms with Gasteiger partial charge in [0, 0.05) is 18.0 Å². The predicted octanol–water partition coefficient (Wildman–Crippen LogP) is 4.75. The van der Waals surface area contributed by atoms with Crippen molar-refractivity contribution in [1.82, 2.24) is 4.90 Å². The van der Waals surface area contributed by atoms with Gasteiger partial charge in [0.1, 0.15) is 10.8 Å². The van der Waals surface area contributed by atoms with Gasteiger partial charge < -0.3 is 10.2 Å². The fourth-order valence-electron chi connectivity index (χ4n) is 3.55. The van der Waals surface area contributed by atoms with E-state index in [0.717, 1.165) is 29.7 Å². The number of amides is 2. The van der Waals surface area contributed by atoms with Crippen LogP contribution < -0.4 is 5.32 Å². The number of fused-ring (bicyclic) bond motifs is 1. The zero-order chi connectivity index (χ0) is 19.6. The van der Waals surface area contributed by atoms with Gasteiger partial charge in [0.15, 0.2) is 0 Å². The largest absolute Gasteiger partial charge is 0.339 e. The summed E-state index contributed by atoms with van der Waals surface area (Å²) in [5, 5.41) is 3.36. The van der Waals surface area contributed by atoms with E-state index in [1.807, 2.05) is 13.8 Å². The van der Waals surface area contributed by atoms with Crippen LogP contribution in [-0.4, -0.2) is 29.8 Å². The van der Waals surface area contributed by atoms with Crippen molar-refractivity contribution in [3.63, 3.8) is 0 Å². The van der Waals surface area contributed by atoms with E-state index in [2.05, 4.69) is 12.2 Å². The van der Waals surface area contributed by atoms with Crippen LogP contribution >= 0.6 is 11.3 Å². The van der Waals surface area contributed by atoms with Crippen LogP contribution in [0.5, 0.6) is 0 Å². The molecule has 0 bridgehead atoms. The molecule has 1 aliphatic carbocycles. The molecular formula is C21H25FN2O2S. The van der Waals surface area contributed by atoms with Gasteiger partial charge in [0.05, 0.1) is 11.1 Å². The molecule has 0 unspecified atom stereocenters. The van der Waals surface area contributed by atoms with E-state index in [4.69, 9.17) is 0 Å². The van der Waals surface area contributed by atoms with E-state index in [9.17, 15) is 14.0 Å². The minimum atomic E-state index is -0.568. The first-order valence-electron chi connectivity index (χ1n) is 9.45. The monoisotopic (exact) mass is 388 g/mol. The van der Waals surface area contributed by atoms with Gasteiger partial charge in [-0.2, -0.15) is 0 Å². The SMILES string of the molecule is CCN(CC)C(=O)c1c(NC(=O)c2ccccc2F)sc2c1CC[C@@H](C)C2. The van der Waals surface area contributed by atoms with Crippen LogP contribution in [0.25, 0.3) is 0 Å². The lowest BCUT2D eigenvalue weighted by molar-refractivity contribution is 0.0773. The number of carbonyl (C=O) groups excluding carboxylic acids is 2. The van der Waals surface area contributed by atoms with Crippen LogP contribution in [0.4, 0.5) is 9.39 Å². The molecule has 0 aliphatic heterocycles. The number of hydrogen-bond donors (Lipinski definition) is 1. The average molecular weight is 389 g/mol. The van der Waals surface area contributed by atoms with E-state index in [1.54, 1.807) is 17.0 Å². The Kier molecular flexibility index (Phi) is 5.95. The van der Waals surface area contributed by atoms with Crippen molar-refractivity contribution in [2.45, 2.75) is 40.0 Å². The van der Waals surface area contributed by atoms with Gasteiger partial charge in [-0.15, -0.1) is 11.3 Å². The zero-order valence-electron chi connectivity index (χ0n) is 16.0. The normalized spacial score (nSPS) is 15.9. The molecule has 4 nitrogen and oxygen atoms in total. The summed E-state index contributed by atoms with van der Waals surface area (Å²) in [4.78, 5) is 28.7. The van der Waals surface area contributed by atoms with E-state index in [0.29, 0.717) is 29.6 Å². The van der Waals surface area contributed by atoms with Crippen molar-refractivity contribution < 1.29 is 14.0 Å². The lowest BCUT2D eigenvalue weighted by Crippen LogP contribution is -2.32. The highest BCUT2D eigenvalue weighted by molar-refractivity contribution is 7.17. The fourth-order valence-corrected chi connectivity index (χ4v) is 4.95. The van der Waals surface area contributed by atoms with Crippen LogP contribution in [0.1, 0.15) is 58.3 Å². The summed E-state index contributed by atoms with van der Waals surface area (Å²) in [6, 6.07) is 5.89. The van der Waals surface area contributed by atoms with Gasteiger partial charge in [0.25, 0.3) is 11.8 Å². The second-order valence-corrected chi connectivity index (χ2v) is 8.07. The molecule has 0 saturated heterocycles. The molecule has 3 rings (SSSR count). The Morgan fingerprint density at radius 3 is 2.63 bits per heavy atom. The maximum atomic E-state index is 14.0. The number of nitrogens with zero attached hydrogens (tertiary/aromatic N) is 1. The molecule has 1 heterocycles. The summed E-state index contributed by atoms with van der Waals surface area (Å²) >= 11 is 1.46. The van der Waals surface area contributed by atoms with Crippen LogP contribution in [0.3, 0.4) is 0 Å². The van der Waals surface area contributed by atoms with Crippen molar-refractivity contribution in [1.29, 1.82) is 0 Å². The first-order valence-corrected chi connectivity index (χ1v) is 10.3. The lowest BCUT2D eigenvalue weighted by atomic mass is 9.88. The Labute approximate surface area is 163 Å². The molecule has 1 aromatic carbocycles. The predicted molar refractivity (Wildman–Crippen MR) is 107 cm³/mol. The zero-order valence-corrected chi connectivity index (χ0v) is 16.8. The van der Waals surface area contributed by atoms with Crippen LogP contribution in [-0.2, 0) is 12.8 Å². The van der Waals surface area contributed by atoms with Crippen LogP contribution in [0, 0.1) is 11.7 Å². The fraction of sp³-hybridized carbons (Fsp3) is 0.429. The summed E-state index contributed by atoms with van der Waals surface area (Å²) in [6.45, 7) is 7.31. The van der Waals surface area contributed by atoms with Crippen molar-refractivity contribution in [2.24, 2.45) is 5.92 Å². The summed E-state index contributed by atoms with van der Waals surface area (Å²) in [5.74, 6) is -0.589.